The number of ether oxygens (including phenoxy) is 1. The molecule has 0 aliphatic carbocycles. The first-order chi connectivity index (χ1) is 5.99. The predicted molar refractivity (Wildman–Crippen MR) is 55.4 cm³/mol. The first-order valence-electron chi connectivity index (χ1n) is 4.46. The second kappa shape index (κ2) is 3.79. The highest BCUT2D eigenvalue weighted by Gasteiger charge is 2.10. The third-order valence-electron chi connectivity index (χ3n) is 1.72. The van der Waals surface area contributed by atoms with Gasteiger partial charge in [0.1, 0.15) is 0 Å². The van der Waals surface area contributed by atoms with Gasteiger partial charge in [0.05, 0.1) is 12.2 Å². The van der Waals surface area contributed by atoms with Crippen LogP contribution in [0.25, 0.3) is 0 Å². The second-order valence-corrected chi connectivity index (χ2v) is 4.10. The highest BCUT2D eigenvalue weighted by Crippen LogP contribution is 2.16. The number of benzene rings is 1. The standard InChI is InChI=1S/C11H17NO/c1-11(2,3)13-8-9-6-4-5-7-10(9)12/h4-7H,8,12H2,1-3H3. The third kappa shape index (κ3) is 3.47. The molecule has 2 N–H and O–H groups in total. The first-order valence-corrected chi connectivity index (χ1v) is 4.46. The van der Waals surface area contributed by atoms with Gasteiger partial charge in [0.15, 0.2) is 0 Å². The number of hydrogen-bond donors (Lipinski definition) is 1. The van der Waals surface area contributed by atoms with E-state index in [1.807, 2.05) is 45.0 Å². The van der Waals surface area contributed by atoms with Crippen molar-refractivity contribution in [2.45, 2.75) is 33.0 Å². The van der Waals surface area contributed by atoms with Gasteiger partial charge in [-0.2, -0.15) is 0 Å². The Bertz CT molecular complexity index is 276. The minimum absolute atomic E-state index is 0.109. The van der Waals surface area contributed by atoms with Crippen LogP contribution in [0.3, 0.4) is 0 Å². The van der Waals surface area contributed by atoms with Gasteiger partial charge in [-0.25, -0.2) is 0 Å². The fraction of sp³-hybridized carbons (Fsp3) is 0.455. The molecule has 0 bridgehead atoms. The lowest BCUT2D eigenvalue weighted by Crippen LogP contribution is -2.19. The van der Waals surface area contributed by atoms with E-state index in [4.69, 9.17) is 10.5 Å². The Morgan fingerprint density at radius 3 is 2.38 bits per heavy atom. The van der Waals surface area contributed by atoms with Gasteiger partial charge in [0.25, 0.3) is 0 Å². The summed E-state index contributed by atoms with van der Waals surface area (Å²) in [4.78, 5) is 0. The van der Waals surface area contributed by atoms with E-state index >= 15 is 0 Å². The molecular weight excluding hydrogens is 162 g/mol. The number of para-hydroxylation sites is 1. The molecule has 0 aliphatic rings. The van der Waals surface area contributed by atoms with E-state index < -0.39 is 0 Å². The van der Waals surface area contributed by atoms with Crippen LogP contribution in [0.4, 0.5) is 5.69 Å². The summed E-state index contributed by atoms with van der Waals surface area (Å²) in [5.41, 5.74) is 7.51. The number of nitrogen functional groups attached to an aromatic ring is 1. The van der Waals surface area contributed by atoms with Crippen molar-refractivity contribution in [2.24, 2.45) is 0 Å². The maximum absolute atomic E-state index is 5.77. The van der Waals surface area contributed by atoms with Gasteiger partial charge in [-0.15, -0.1) is 0 Å². The monoisotopic (exact) mass is 179 g/mol. The molecule has 2 nitrogen and oxygen atoms in total. The molecular formula is C11H17NO. The molecule has 0 fully saturated rings. The van der Waals surface area contributed by atoms with Crippen molar-refractivity contribution in [1.29, 1.82) is 0 Å². The maximum atomic E-state index is 5.77. The summed E-state index contributed by atoms with van der Waals surface area (Å²) in [5.74, 6) is 0. The maximum Gasteiger partial charge on any atom is 0.0743 e. The molecule has 1 aromatic rings. The van der Waals surface area contributed by atoms with Crippen molar-refractivity contribution < 1.29 is 4.74 Å². The highest BCUT2D eigenvalue weighted by atomic mass is 16.5. The van der Waals surface area contributed by atoms with Crippen LogP contribution in [0.15, 0.2) is 24.3 Å². The van der Waals surface area contributed by atoms with Gasteiger partial charge >= 0.3 is 0 Å². The third-order valence-corrected chi connectivity index (χ3v) is 1.72. The van der Waals surface area contributed by atoms with Crippen LogP contribution in [0, 0.1) is 0 Å². The Hall–Kier alpha value is -1.02. The van der Waals surface area contributed by atoms with Gasteiger partial charge in [-0.1, -0.05) is 18.2 Å². The fourth-order valence-corrected chi connectivity index (χ4v) is 0.960. The molecule has 0 saturated heterocycles. The first kappa shape index (κ1) is 10.1. The van der Waals surface area contributed by atoms with Crippen LogP contribution < -0.4 is 5.73 Å². The van der Waals surface area contributed by atoms with Crippen LogP contribution in [0.5, 0.6) is 0 Å². The zero-order chi connectivity index (χ0) is 9.90. The minimum atomic E-state index is -0.109. The molecule has 0 spiro atoms. The van der Waals surface area contributed by atoms with E-state index in [1.54, 1.807) is 0 Å². The van der Waals surface area contributed by atoms with Crippen molar-refractivity contribution in [1.82, 2.24) is 0 Å². The normalized spacial score (nSPS) is 11.6. The average molecular weight is 179 g/mol. The van der Waals surface area contributed by atoms with E-state index in [9.17, 15) is 0 Å². The second-order valence-electron chi connectivity index (χ2n) is 4.10. The smallest absolute Gasteiger partial charge is 0.0743 e. The molecule has 0 amide bonds. The minimum Gasteiger partial charge on any atom is -0.398 e. The summed E-state index contributed by atoms with van der Waals surface area (Å²) in [6.45, 7) is 6.68. The quantitative estimate of drug-likeness (QED) is 0.708. The summed E-state index contributed by atoms with van der Waals surface area (Å²) in [6, 6.07) is 7.77. The Balaban J connectivity index is 2.60. The van der Waals surface area contributed by atoms with Crippen LogP contribution in [-0.2, 0) is 11.3 Å². The summed E-state index contributed by atoms with van der Waals surface area (Å²) in [6.07, 6.45) is 0. The topological polar surface area (TPSA) is 35.2 Å². The van der Waals surface area contributed by atoms with Gasteiger partial charge in [0, 0.05) is 11.3 Å². The van der Waals surface area contributed by atoms with Crippen LogP contribution in [-0.4, -0.2) is 5.60 Å². The Kier molecular flexibility index (Phi) is 2.94. The number of hydrogen-bond acceptors (Lipinski definition) is 2. The number of rotatable bonds is 2. The Morgan fingerprint density at radius 2 is 1.85 bits per heavy atom. The van der Waals surface area contributed by atoms with Crippen molar-refractivity contribution in [3.05, 3.63) is 29.8 Å². The fourth-order valence-electron chi connectivity index (χ4n) is 0.960. The SMILES string of the molecule is CC(C)(C)OCc1ccccc1N. The molecule has 2 heteroatoms. The largest absolute Gasteiger partial charge is 0.398 e. The molecule has 13 heavy (non-hydrogen) atoms. The van der Waals surface area contributed by atoms with E-state index in [0.717, 1.165) is 11.3 Å². The van der Waals surface area contributed by atoms with Crippen molar-refractivity contribution >= 4 is 5.69 Å². The van der Waals surface area contributed by atoms with Gasteiger partial charge in [0.2, 0.25) is 0 Å². The molecule has 0 atom stereocenters. The van der Waals surface area contributed by atoms with Gasteiger partial charge in [-0.05, 0) is 26.8 Å². The zero-order valence-corrected chi connectivity index (χ0v) is 8.50. The molecule has 0 aromatic heterocycles. The van der Waals surface area contributed by atoms with Crippen LogP contribution in [0.2, 0.25) is 0 Å². The van der Waals surface area contributed by atoms with E-state index in [0.29, 0.717) is 6.61 Å². The molecule has 0 aliphatic heterocycles. The summed E-state index contributed by atoms with van der Waals surface area (Å²) >= 11 is 0. The summed E-state index contributed by atoms with van der Waals surface area (Å²) in [5, 5.41) is 0. The van der Waals surface area contributed by atoms with Crippen molar-refractivity contribution in [2.75, 3.05) is 5.73 Å². The van der Waals surface area contributed by atoms with E-state index in [-0.39, 0.29) is 5.60 Å². The Morgan fingerprint density at radius 1 is 1.23 bits per heavy atom. The zero-order valence-electron chi connectivity index (χ0n) is 8.50. The molecule has 1 aromatic carbocycles. The van der Waals surface area contributed by atoms with E-state index in [2.05, 4.69) is 0 Å². The van der Waals surface area contributed by atoms with Gasteiger partial charge < -0.3 is 10.5 Å². The van der Waals surface area contributed by atoms with Crippen LogP contribution in [0.1, 0.15) is 26.3 Å². The number of anilines is 1. The predicted octanol–water partition coefficient (Wildman–Crippen LogP) is 2.58. The van der Waals surface area contributed by atoms with Crippen molar-refractivity contribution in [3.63, 3.8) is 0 Å². The Labute approximate surface area is 79.7 Å². The molecule has 0 saturated carbocycles. The number of nitrogens with two attached hydrogens (primary N) is 1. The lowest BCUT2D eigenvalue weighted by atomic mass is 10.1. The lowest BCUT2D eigenvalue weighted by Gasteiger charge is -2.20. The van der Waals surface area contributed by atoms with Gasteiger partial charge in [-0.3, -0.25) is 0 Å². The molecule has 0 unspecified atom stereocenters. The highest BCUT2D eigenvalue weighted by molar-refractivity contribution is 5.45. The lowest BCUT2D eigenvalue weighted by molar-refractivity contribution is -0.0146. The van der Waals surface area contributed by atoms with Crippen LogP contribution >= 0.6 is 0 Å². The molecule has 72 valence electrons. The van der Waals surface area contributed by atoms with E-state index in [1.165, 1.54) is 0 Å². The molecule has 0 heterocycles. The summed E-state index contributed by atoms with van der Waals surface area (Å²) < 4.78 is 5.62. The van der Waals surface area contributed by atoms with Crippen molar-refractivity contribution in [3.8, 4) is 0 Å². The average Bonchev–Trinajstić information content (AvgIpc) is 2.01. The molecule has 0 radical (unpaired) electrons. The summed E-state index contributed by atoms with van der Waals surface area (Å²) in [7, 11) is 0. The molecule has 1 rings (SSSR count).